The van der Waals surface area contributed by atoms with E-state index in [1.54, 1.807) is 23.1 Å². The van der Waals surface area contributed by atoms with Gasteiger partial charge in [0.2, 0.25) is 15.9 Å². The summed E-state index contributed by atoms with van der Waals surface area (Å²) in [6.07, 6.45) is 2.99. The number of para-hydroxylation sites is 1. The van der Waals surface area contributed by atoms with Gasteiger partial charge in [0.05, 0.1) is 6.54 Å². The van der Waals surface area contributed by atoms with E-state index in [0.717, 1.165) is 57.0 Å². The Balaban J connectivity index is 1.22. The summed E-state index contributed by atoms with van der Waals surface area (Å²) in [5, 5.41) is 0. The van der Waals surface area contributed by atoms with Crippen LogP contribution >= 0.6 is 0 Å². The molecule has 2 aromatic rings. The maximum atomic E-state index is 13.8. The molecule has 0 unspecified atom stereocenters. The van der Waals surface area contributed by atoms with E-state index in [-0.39, 0.29) is 23.7 Å². The van der Waals surface area contributed by atoms with Gasteiger partial charge in [-0.2, -0.15) is 0 Å². The third-order valence-electron chi connectivity index (χ3n) is 6.54. The Morgan fingerprint density at radius 1 is 0.886 bits per heavy atom. The van der Waals surface area contributed by atoms with Gasteiger partial charge in [0.1, 0.15) is 17.7 Å². The molecule has 2 aromatic carbocycles. The zero-order chi connectivity index (χ0) is 25.0. The smallest absolute Gasteiger partial charge is 0.246 e. The fourth-order valence-corrected chi connectivity index (χ4v) is 5.75. The van der Waals surface area contributed by atoms with Crippen LogP contribution in [-0.2, 0) is 14.8 Å². The van der Waals surface area contributed by atoms with Crippen molar-refractivity contribution in [2.24, 2.45) is 0 Å². The van der Waals surface area contributed by atoms with Crippen molar-refractivity contribution in [3.05, 3.63) is 59.9 Å². The number of nitrogens with zero attached hydrogens (tertiary/aromatic N) is 2. The molecule has 2 fully saturated rings. The molecule has 4 rings (SSSR count). The van der Waals surface area contributed by atoms with E-state index in [2.05, 4.69) is 4.90 Å². The van der Waals surface area contributed by atoms with Gasteiger partial charge in [0, 0.05) is 32.2 Å². The van der Waals surface area contributed by atoms with Crippen molar-refractivity contribution in [2.75, 3.05) is 32.7 Å². The lowest BCUT2D eigenvalue weighted by Gasteiger charge is -2.41. The summed E-state index contributed by atoms with van der Waals surface area (Å²) in [5.41, 5.74) is 0. The predicted molar refractivity (Wildman–Crippen MR) is 123 cm³/mol. The van der Waals surface area contributed by atoms with E-state index in [9.17, 15) is 26.4 Å². The number of carbonyl (C=O) groups is 1. The lowest BCUT2D eigenvalue weighted by atomic mass is 9.98. The minimum atomic E-state index is -4.50. The number of amides is 1. The highest BCUT2D eigenvalue weighted by molar-refractivity contribution is 7.89. The lowest BCUT2D eigenvalue weighted by Crippen LogP contribution is -2.51. The molecule has 2 aliphatic heterocycles. The second-order valence-corrected chi connectivity index (χ2v) is 10.5. The number of ether oxygens (including phenoxy) is 1. The largest absolute Gasteiger partial charge is 0.487 e. The molecule has 0 aliphatic carbocycles. The highest BCUT2D eigenvalue weighted by Gasteiger charge is 2.31. The number of likely N-dealkylation sites (tertiary alicyclic amines) is 2. The first-order valence-corrected chi connectivity index (χ1v) is 13.1. The van der Waals surface area contributed by atoms with Crippen molar-refractivity contribution in [2.45, 2.75) is 42.7 Å². The van der Waals surface area contributed by atoms with Gasteiger partial charge in [-0.3, -0.25) is 9.69 Å². The molecule has 2 heterocycles. The maximum absolute atomic E-state index is 13.8. The highest BCUT2D eigenvalue weighted by Crippen LogP contribution is 2.25. The number of benzene rings is 2. The fourth-order valence-electron chi connectivity index (χ4n) is 4.64. The zero-order valence-electron chi connectivity index (χ0n) is 19.1. The van der Waals surface area contributed by atoms with Crippen LogP contribution in [0.4, 0.5) is 13.2 Å². The van der Waals surface area contributed by atoms with E-state index in [0.29, 0.717) is 13.1 Å². The Morgan fingerprint density at radius 3 is 2.11 bits per heavy atom. The van der Waals surface area contributed by atoms with Crippen molar-refractivity contribution >= 4 is 15.9 Å². The molecule has 11 heteroatoms. The molecule has 1 N–H and O–H groups in total. The van der Waals surface area contributed by atoms with Gasteiger partial charge in [-0.05, 0) is 49.9 Å². The topological polar surface area (TPSA) is 79.0 Å². The van der Waals surface area contributed by atoms with Crippen LogP contribution in [0.15, 0.2) is 47.4 Å². The van der Waals surface area contributed by atoms with E-state index in [1.807, 2.05) is 4.72 Å². The average Bonchev–Trinajstić information content (AvgIpc) is 2.84. The molecule has 35 heavy (non-hydrogen) atoms. The van der Waals surface area contributed by atoms with Gasteiger partial charge in [-0.15, -0.1) is 0 Å². The zero-order valence-corrected chi connectivity index (χ0v) is 19.9. The summed E-state index contributed by atoms with van der Waals surface area (Å²) in [7, 11) is -4.50. The minimum Gasteiger partial charge on any atom is -0.487 e. The van der Waals surface area contributed by atoms with Crippen molar-refractivity contribution in [3.8, 4) is 5.75 Å². The maximum Gasteiger partial charge on any atom is 0.246 e. The van der Waals surface area contributed by atoms with Gasteiger partial charge in [-0.1, -0.05) is 18.2 Å². The summed E-state index contributed by atoms with van der Waals surface area (Å²) >= 11 is 0. The van der Waals surface area contributed by atoms with Gasteiger partial charge in [0.15, 0.2) is 16.5 Å². The number of hydrogen-bond acceptors (Lipinski definition) is 5. The molecule has 0 saturated carbocycles. The molecule has 0 atom stereocenters. The molecule has 0 aromatic heterocycles. The van der Waals surface area contributed by atoms with Crippen LogP contribution in [0.25, 0.3) is 0 Å². The summed E-state index contributed by atoms with van der Waals surface area (Å²) in [6.45, 7) is 1.98. The first-order chi connectivity index (χ1) is 16.7. The molecule has 7 nitrogen and oxygen atoms in total. The number of sulfonamides is 1. The van der Waals surface area contributed by atoms with Crippen LogP contribution < -0.4 is 9.46 Å². The molecular formula is C24H28F3N3O4S. The Hall–Kier alpha value is -2.63. The lowest BCUT2D eigenvalue weighted by molar-refractivity contribution is -0.131. The summed E-state index contributed by atoms with van der Waals surface area (Å²) in [5.74, 6) is -2.97. The van der Waals surface area contributed by atoms with Gasteiger partial charge >= 0.3 is 0 Å². The highest BCUT2D eigenvalue weighted by atomic mass is 32.2. The molecule has 0 bridgehead atoms. The number of rotatable bonds is 7. The normalized spacial score (nSPS) is 18.5. The van der Waals surface area contributed by atoms with Crippen LogP contribution in [0.3, 0.4) is 0 Å². The van der Waals surface area contributed by atoms with Crippen molar-refractivity contribution < 1.29 is 31.1 Å². The second kappa shape index (κ2) is 11.0. The third-order valence-corrected chi connectivity index (χ3v) is 7.99. The Bertz CT molecular complexity index is 1130. The quantitative estimate of drug-likeness (QED) is 0.619. The SMILES string of the molecule is O=C(CNS(=O)(=O)c1c(F)cccc1F)N1CCC(N2CCC(Oc3ccccc3F)CC2)CC1. The number of nitrogens with one attached hydrogen (secondary N) is 1. The number of piperidine rings is 2. The minimum absolute atomic E-state index is 0.0443. The van der Waals surface area contributed by atoms with Crippen molar-refractivity contribution in [1.82, 2.24) is 14.5 Å². The van der Waals surface area contributed by atoms with Gasteiger partial charge in [-0.25, -0.2) is 26.3 Å². The van der Waals surface area contributed by atoms with Gasteiger partial charge in [0.25, 0.3) is 0 Å². The Kier molecular flexibility index (Phi) is 7.98. The summed E-state index contributed by atoms with van der Waals surface area (Å²) in [6, 6.07) is 9.42. The van der Waals surface area contributed by atoms with Crippen molar-refractivity contribution in [3.63, 3.8) is 0 Å². The van der Waals surface area contributed by atoms with Crippen LogP contribution in [0, 0.1) is 17.5 Å². The molecule has 0 spiro atoms. The monoisotopic (exact) mass is 511 g/mol. The fraction of sp³-hybridized carbons (Fsp3) is 0.458. The average molecular weight is 512 g/mol. The van der Waals surface area contributed by atoms with Gasteiger partial charge < -0.3 is 9.64 Å². The molecular weight excluding hydrogens is 483 g/mol. The molecule has 2 aliphatic rings. The first kappa shape index (κ1) is 25.5. The van der Waals surface area contributed by atoms with Crippen molar-refractivity contribution in [1.29, 1.82) is 0 Å². The van der Waals surface area contributed by atoms with Crippen LogP contribution in [-0.4, -0.2) is 69.0 Å². The standard InChI is InChI=1S/C24H28F3N3O4S/c25-19-4-1-2-7-22(19)34-18-10-14-29(15-11-18)17-8-12-30(13-9-17)23(31)16-28-35(32,33)24-20(26)5-3-6-21(24)27/h1-7,17-18,28H,8-16H2. The van der Waals surface area contributed by atoms with E-state index >= 15 is 0 Å². The summed E-state index contributed by atoms with van der Waals surface area (Å²) in [4.78, 5) is 15.3. The number of carbonyl (C=O) groups excluding carboxylic acids is 1. The van der Waals surface area contributed by atoms with E-state index < -0.39 is 39.0 Å². The molecule has 1 amide bonds. The van der Waals surface area contributed by atoms with Crippen LogP contribution in [0.5, 0.6) is 5.75 Å². The number of halogens is 3. The Labute approximate surface area is 202 Å². The molecule has 2 saturated heterocycles. The van der Waals surface area contributed by atoms with Crippen LogP contribution in [0.1, 0.15) is 25.7 Å². The number of hydrogen-bond donors (Lipinski definition) is 1. The first-order valence-electron chi connectivity index (χ1n) is 11.6. The second-order valence-electron chi connectivity index (χ2n) is 8.77. The Morgan fingerprint density at radius 2 is 1.49 bits per heavy atom. The third kappa shape index (κ3) is 6.14. The van der Waals surface area contributed by atoms with Crippen LogP contribution in [0.2, 0.25) is 0 Å². The van der Waals surface area contributed by atoms with E-state index in [1.165, 1.54) is 6.07 Å². The van der Waals surface area contributed by atoms with E-state index in [4.69, 9.17) is 4.74 Å². The summed E-state index contributed by atoms with van der Waals surface area (Å²) < 4.78 is 73.8. The molecule has 0 radical (unpaired) electrons. The molecule has 190 valence electrons. The predicted octanol–water partition coefficient (Wildman–Crippen LogP) is 2.92.